The van der Waals surface area contributed by atoms with E-state index in [0.717, 1.165) is 21.5 Å². The number of nitrogens with zero attached hydrogens (tertiary/aromatic N) is 3. The first kappa shape index (κ1) is 22.4. The summed E-state index contributed by atoms with van der Waals surface area (Å²) in [6, 6.07) is 17.7. The van der Waals surface area contributed by atoms with Gasteiger partial charge in [0.15, 0.2) is 0 Å². The quantitative estimate of drug-likeness (QED) is 0.531. The molecule has 3 aromatic rings. The van der Waals surface area contributed by atoms with E-state index in [1.54, 1.807) is 11.9 Å². The molecule has 0 unspecified atom stereocenters. The predicted molar refractivity (Wildman–Crippen MR) is 129 cm³/mol. The van der Waals surface area contributed by atoms with Gasteiger partial charge in [0.25, 0.3) is 0 Å². The summed E-state index contributed by atoms with van der Waals surface area (Å²) in [5.41, 5.74) is 1.88. The first-order chi connectivity index (χ1) is 15.4. The average Bonchev–Trinajstić information content (AvgIpc) is 3.14. The number of hydrogen-bond acceptors (Lipinski definition) is 4. The maximum atomic E-state index is 13.0. The van der Waals surface area contributed by atoms with Gasteiger partial charge in [-0.2, -0.15) is 0 Å². The smallest absolute Gasteiger partial charge is 0.242 e. The number of para-hydroxylation sites is 2. The van der Waals surface area contributed by atoms with Crippen LogP contribution in [0.2, 0.25) is 0 Å². The monoisotopic (exact) mass is 451 g/mol. The van der Waals surface area contributed by atoms with Crippen LogP contribution in [0, 0.1) is 0 Å². The van der Waals surface area contributed by atoms with Crippen LogP contribution < -0.4 is 4.90 Å². The fourth-order valence-electron chi connectivity index (χ4n) is 4.12. The van der Waals surface area contributed by atoms with Crippen molar-refractivity contribution in [2.45, 2.75) is 37.5 Å². The van der Waals surface area contributed by atoms with Gasteiger partial charge < -0.3 is 19.1 Å². The second-order valence-corrected chi connectivity index (χ2v) is 9.29. The summed E-state index contributed by atoms with van der Waals surface area (Å²) in [4.78, 5) is 30.3. The molecule has 1 aromatic heterocycles. The van der Waals surface area contributed by atoms with Crippen molar-refractivity contribution in [3.8, 4) is 0 Å². The Hall–Kier alpha value is -2.77. The molecule has 0 saturated carbocycles. The summed E-state index contributed by atoms with van der Waals surface area (Å²) >= 11 is 1.51. The molecule has 6 nitrogen and oxygen atoms in total. The minimum atomic E-state index is 0.0328. The highest BCUT2D eigenvalue weighted by Crippen LogP contribution is 2.30. The van der Waals surface area contributed by atoms with E-state index < -0.39 is 0 Å². The summed E-state index contributed by atoms with van der Waals surface area (Å²) in [6.45, 7) is 5.51. The number of fused-ring (bicyclic) bond motifs is 1. The van der Waals surface area contributed by atoms with Crippen molar-refractivity contribution in [3.63, 3.8) is 0 Å². The molecule has 4 rings (SSSR count). The lowest BCUT2D eigenvalue weighted by atomic mass is 10.2. The minimum absolute atomic E-state index is 0.0328. The molecule has 2 aromatic carbocycles. The van der Waals surface area contributed by atoms with Gasteiger partial charge in [0, 0.05) is 47.8 Å². The number of benzene rings is 2. The van der Waals surface area contributed by atoms with Crippen molar-refractivity contribution >= 4 is 40.2 Å². The minimum Gasteiger partial charge on any atom is -0.372 e. The van der Waals surface area contributed by atoms with Crippen molar-refractivity contribution in [1.29, 1.82) is 0 Å². The van der Waals surface area contributed by atoms with Crippen molar-refractivity contribution in [3.05, 3.63) is 60.8 Å². The maximum Gasteiger partial charge on any atom is 0.242 e. The van der Waals surface area contributed by atoms with E-state index in [4.69, 9.17) is 4.74 Å². The molecule has 2 amide bonds. The molecule has 0 N–H and O–H groups in total. The molecule has 7 heteroatoms. The summed E-state index contributed by atoms with van der Waals surface area (Å²) < 4.78 is 7.75. The van der Waals surface area contributed by atoms with Gasteiger partial charge >= 0.3 is 0 Å². The first-order valence-electron chi connectivity index (χ1n) is 10.9. The Bertz CT molecular complexity index is 1090. The summed E-state index contributed by atoms with van der Waals surface area (Å²) in [5, 5.41) is 1.06. The molecule has 168 valence electrons. The van der Waals surface area contributed by atoms with E-state index in [1.807, 2.05) is 84.1 Å². The van der Waals surface area contributed by atoms with Crippen LogP contribution in [0.15, 0.2) is 65.7 Å². The Morgan fingerprint density at radius 1 is 1.03 bits per heavy atom. The van der Waals surface area contributed by atoms with Crippen molar-refractivity contribution in [1.82, 2.24) is 9.47 Å². The number of hydrogen-bond donors (Lipinski definition) is 0. The van der Waals surface area contributed by atoms with Gasteiger partial charge in [-0.1, -0.05) is 36.4 Å². The van der Waals surface area contributed by atoms with Crippen LogP contribution in [-0.4, -0.2) is 59.4 Å². The fourth-order valence-corrected chi connectivity index (χ4v) is 5.12. The number of carbonyl (C=O) groups is 2. The highest BCUT2D eigenvalue weighted by molar-refractivity contribution is 8.00. The molecule has 1 saturated heterocycles. The topological polar surface area (TPSA) is 54.8 Å². The van der Waals surface area contributed by atoms with Gasteiger partial charge in [-0.05, 0) is 32.0 Å². The van der Waals surface area contributed by atoms with Gasteiger partial charge in [0.2, 0.25) is 11.8 Å². The predicted octanol–water partition coefficient (Wildman–Crippen LogP) is 4.03. The van der Waals surface area contributed by atoms with Crippen LogP contribution in [0.4, 0.5) is 5.69 Å². The third-order valence-electron chi connectivity index (χ3n) is 5.70. The third-order valence-corrected chi connectivity index (χ3v) is 6.73. The maximum absolute atomic E-state index is 13.0. The Balaban J connectivity index is 1.48. The molecule has 0 aliphatic carbocycles. The number of amides is 2. The highest BCUT2D eigenvalue weighted by atomic mass is 32.2. The van der Waals surface area contributed by atoms with Crippen LogP contribution in [0.1, 0.15) is 13.8 Å². The lowest BCUT2D eigenvalue weighted by Crippen LogP contribution is -2.49. The molecule has 0 radical (unpaired) electrons. The number of carbonyl (C=O) groups excluding carboxylic acids is 2. The largest absolute Gasteiger partial charge is 0.372 e. The van der Waals surface area contributed by atoms with Crippen LogP contribution in [-0.2, 0) is 20.9 Å². The zero-order valence-electron chi connectivity index (χ0n) is 18.7. The van der Waals surface area contributed by atoms with Crippen molar-refractivity contribution in [2.24, 2.45) is 0 Å². The number of rotatable bonds is 6. The van der Waals surface area contributed by atoms with Gasteiger partial charge in [-0.15, -0.1) is 11.8 Å². The van der Waals surface area contributed by atoms with E-state index in [-0.39, 0.29) is 30.6 Å². The summed E-state index contributed by atoms with van der Waals surface area (Å²) in [7, 11) is 1.80. The zero-order chi connectivity index (χ0) is 22.7. The van der Waals surface area contributed by atoms with Crippen LogP contribution in [0.3, 0.4) is 0 Å². The second-order valence-electron chi connectivity index (χ2n) is 8.27. The molecular weight excluding hydrogens is 422 g/mol. The first-order valence-corrected chi connectivity index (χ1v) is 11.9. The standard InChI is InChI=1S/C25H29N3O3S/c1-18-13-28(14-19(2)31-18)24(29)16-27-15-23(21-11-7-8-12-22(21)27)32-17-25(30)26(3)20-9-5-4-6-10-20/h4-12,15,18-19H,13-14,16-17H2,1-3H3/t18-,19-/m1/s1. The number of anilines is 1. The molecular formula is C25H29N3O3S. The van der Waals surface area contributed by atoms with Crippen molar-refractivity contribution < 1.29 is 14.3 Å². The summed E-state index contributed by atoms with van der Waals surface area (Å²) in [6.07, 6.45) is 2.08. The van der Waals surface area contributed by atoms with Crippen LogP contribution in [0.5, 0.6) is 0 Å². The molecule has 2 atom stereocenters. The van der Waals surface area contributed by atoms with Crippen LogP contribution >= 0.6 is 11.8 Å². The van der Waals surface area contributed by atoms with E-state index in [1.165, 1.54) is 11.8 Å². The van der Waals surface area contributed by atoms with E-state index >= 15 is 0 Å². The third kappa shape index (κ3) is 5.00. The molecule has 1 aliphatic rings. The number of ether oxygens (including phenoxy) is 1. The Kier molecular flexibility index (Phi) is 6.86. The van der Waals surface area contributed by atoms with Gasteiger partial charge in [-0.25, -0.2) is 0 Å². The highest BCUT2D eigenvalue weighted by Gasteiger charge is 2.26. The zero-order valence-corrected chi connectivity index (χ0v) is 19.5. The SMILES string of the molecule is C[C@@H]1CN(C(=O)Cn2cc(SCC(=O)N(C)c3ccccc3)c3ccccc32)C[C@@H](C)O1. The molecule has 1 fully saturated rings. The normalized spacial score (nSPS) is 18.7. The molecule has 2 heterocycles. The van der Waals surface area contributed by atoms with E-state index in [0.29, 0.717) is 18.8 Å². The number of aromatic nitrogens is 1. The second kappa shape index (κ2) is 9.79. The Morgan fingerprint density at radius 3 is 2.41 bits per heavy atom. The molecule has 32 heavy (non-hydrogen) atoms. The van der Waals surface area contributed by atoms with Crippen molar-refractivity contribution in [2.75, 3.05) is 30.8 Å². The summed E-state index contributed by atoms with van der Waals surface area (Å²) in [5.74, 6) is 0.445. The fraction of sp³-hybridized carbons (Fsp3) is 0.360. The molecule has 0 bridgehead atoms. The lowest BCUT2D eigenvalue weighted by Gasteiger charge is -2.35. The van der Waals surface area contributed by atoms with Crippen LogP contribution in [0.25, 0.3) is 10.9 Å². The van der Waals surface area contributed by atoms with E-state index in [2.05, 4.69) is 0 Å². The molecule has 0 spiro atoms. The lowest BCUT2D eigenvalue weighted by molar-refractivity contribution is -0.143. The van der Waals surface area contributed by atoms with Gasteiger partial charge in [0.1, 0.15) is 6.54 Å². The Labute approximate surface area is 193 Å². The van der Waals surface area contributed by atoms with E-state index in [9.17, 15) is 9.59 Å². The van der Waals surface area contributed by atoms with Gasteiger partial charge in [-0.3, -0.25) is 9.59 Å². The molecule has 1 aliphatic heterocycles. The van der Waals surface area contributed by atoms with Gasteiger partial charge in [0.05, 0.1) is 18.0 Å². The Morgan fingerprint density at radius 2 is 1.69 bits per heavy atom. The number of morpholine rings is 1. The number of thioether (sulfide) groups is 1. The average molecular weight is 452 g/mol.